The molecule has 0 fully saturated rings. The third kappa shape index (κ3) is 3.72. The van der Waals surface area contributed by atoms with Crippen LogP contribution in [0.15, 0.2) is 12.7 Å². The van der Waals surface area contributed by atoms with Crippen LogP contribution in [-0.2, 0) is 0 Å². The van der Waals surface area contributed by atoms with Gasteiger partial charge in [-0.1, -0.05) is 17.5 Å². The van der Waals surface area contributed by atoms with Gasteiger partial charge in [-0.15, -0.1) is 11.7 Å². The van der Waals surface area contributed by atoms with E-state index in [0.717, 1.165) is 31.5 Å². The molecule has 1 N–H and O–H groups in total. The van der Waals surface area contributed by atoms with E-state index in [0.29, 0.717) is 6.04 Å². The second-order valence-corrected chi connectivity index (χ2v) is 4.38. The smallest absolute Gasteiger partial charge is 0.0772 e. The first-order valence-corrected chi connectivity index (χ1v) is 6.20. The molecule has 3 nitrogen and oxygen atoms in total. The first kappa shape index (κ1) is 12.3. The van der Waals surface area contributed by atoms with Crippen LogP contribution in [0.2, 0.25) is 0 Å². The van der Waals surface area contributed by atoms with E-state index >= 15 is 0 Å². The summed E-state index contributed by atoms with van der Waals surface area (Å²) in [6.07, 6.45) is 5.22. The summed E-state index contributed by atoms with van der Waals surface area (Å²) in [5.74, 6) is 0. The minimum Gasteiger partial charge on any atom is -0.309 e. The molecule has 15 heavy (non-hydrogen) atoms. The molecule has 0 bridgehead atoms. The minimum absolute atomic E-state index is 0.392. The topological polar surface area (TPSA) is 37.8 Å². The van der Waals surface area contributed by atoms with Crippen molar-refractivity contribution in [3.8, 4) is 0 Å². The van der Waals surface area contributed by atoms with Crippen molar-refractivity contribution >= 4 is 11.5 Å². The summed E-state index contributed by atoms with van der Waals surface area (Å²) in [4.78, 5) is 1.27. The van der Waals surface area contributed by atoms with Crippen molar-refractivity contribution in [3.05, 3.63) is 23.2 Å². The monoisotopic (exact) mass is 225 g/mol. The third-order valence-corrected chi connectivity index (χ3v) is 3.24. The van der Waals surface area contributed by atoms with Crippen LogP contribution in [0.5, 0.6) is 0 Å². The molecule has 0 aliphatic rings. The Kier molecular flexibility index (Phi) is 5.50. The molecule has 1 atom stereocenters. The fraction of sp³-hybridized carbons (Fsp3) is 0.636. The van der Waals surface area contributed by atoms with Crippen molar-refractivity contribution in [3.63, 3.8) is 0 Å². The average molecular weight is 225 g/mol. The maximum absolute atomic E-state index is 4.06. The quantitative estimate of drug-likeness (QED) is 0.725. The Bertz CT molecular complexity index is 296. The van der Waals surface area contributed by atoms with E-state index in [4.69, 9.17) is 0 Å². The molecule has 0 aliphatic carbocycles. The van der Waals surface area contributed by atoms with Crippen LogP contribution in [0.3, 0.4) is 0 Å². The Hall–Kier alpha value is -0.740. The molecular weight excluding hydrogens is 206 g/mol. The molecule has 4 heteroatoms. The summed E-state index contributed by atoms with van der Waals surface area (Å²) in [5, 5.41) is 7.59. The molecule has 1 aromatic rings. The van der Waals surface area contributed by atoms with Crippen LogP contribution in [0.25, 0.3) is 0 Å². The summed E-state index contributed by atoms with van der Waals surface area (Å²) in [6, 6.07) is 0.392. The summed E-state index contributed by atoms with van der Waals surface area (Å²) in [6.45, 7) is 9.00. The third-order valence-electron chi connectivity index (χ3n) is 2.30. The molecule has 1 rings (SSSR count). The minimum atomic E-state index is 0.392. The predicted molar refractivity (Wildman–Crippen MR) is 65.1 cm³/mol. The van der Waals surface area contributed by atoms with Gasteiger partial charge in [0.25, 0.3) is 0 Å². The van der Waals surface area contributed by atoms with Gasteiger partial charge in [-0.2, -0.15) is 0 Å². The molecule has 1 unspecified atom stereocenters. The molecule has 0 aromatic carbocycles. The standard InChI is InChI=1S/C11H19N3S/c1-4-6-7-10(12-8-5-2)11-9(3)13-14-15-11/h4,10,12H,1,5-8H2,2-3H3. The summed E-state index contributed by atoms with van der Waals surface area (Å²) in [7, 11) is 0. The van der Waals surface area contributed by atoms with Gasteiger partial charge in [-0.3, -0.25) is 0 Å². The number of nitrogens with one attached hydrogen (secondary N) is 1. The van der Waals surface area contributed by atoms with E-state index in [1.54, 1.807) is 0 Å². The molecular formula is C11H19N3S. The van der Waals surface area contributed by atoms with Crippen LogP contribution >= 0.6 is 11.5 Å². The Balaban J connectivity index is 2.62. The van der Waals surface area contributed by atoms with Crippen molar-refractivity contribution in [2.45, 2.75) is 39.2 Å². The van der Waals surface area contributed by atoms with Gasteiger partial charge in [0.2, 0.25) is 0 Å². The van der Waals surface area contributed by atoms with Crippen molar-refractivity contribution in [1.29, 1.82) is 0 Å². The highest BCUT2D eigenvalue weighted by Gasteiger charge is 2.15. The van der Waals surface area contributed by atoms with E-state index in [2.05, 4.69) is 28.4 Å². The highest BCUT2D eigenvalue weighted by molar-refractivity contribution is 7.05. The lowest BCUT2D eigenvalue weighted by molar-refractivity contribution is 0.507. The molecule has 0 saturated heterocycles. The molecule has 84 valence electrons. The lowest BCUT2D eigenvalue weighted by Gasteiger charge is -2.16. The van der Waals surface area contributed by atoms with Crippen molar-refractivity contribution in [2.75, 3.05) is 6.54 Å². The van der Waals surface area contributed by atoms with E-state index in [1.165, 1.54) is 16.4 Å². The Morgan fingerprint density at radius 2 is 2.40 bits per heavy atom. The van der Waals surface area contributed by atoms with Crippen molar-refractivity contribution < 1.29 is 0 Å². The van der Waals surface area contributed by atoms with E-state index in [1.807, 2.05) is 13.0 Å². The fourth-order valence-corrected chi connectivity index (χ4v) is 2.24. The molecule has 0 amide bonds. The highest BCUT2D eigenvalue weighted by Crippen LogP contribution is 2.24. The Morgan fingerprint density at radius 3 is 2.93 bits per heavy atom. The zero-order valence-electron chi connectivity index (χ0n) is 9.49. The number of rotatable bonds is 7. The number of hydrogen-bond donors (Lipinski definition) is 1. The highest BCUT2D eigenvalue weighted by atomic mass is 32.1. The number of aryl methyl sites for hydroxylation is 1. The van der Waals surface area contributed by atoms with Crippen LogP contribution in [-0.4, -0.2) is 16.1 Å². The second-order valence-electron chi connectivity index (χ2n) is 3.60. The predicted octanol–water partition coefficient (Wildman–Crippen LogP) is 2.85. The number of aromatic nitrogens is 2. The fourth-order valence-electron chi connectivity index (χ4n) is 1.49. The molecule has 1 aromatic heterocycles. The first-order valence-electron chi connectivity index (χ1n) is 5.42. The van der Waals surface area contributed by atoms with Gasteiger partial charge in [0.1, 0.15) is 0 Å². The van der Waals surface area contributed by atoms with E-state index in [-0.39, 0.29) is 0 Å². The number of hydrogen-bond acceptors (Lipinski definition) is 4. The average Bonchev–Trinajstić information content (AvgIpc) is 2.65. The Labute approximate surface area is 95.8 Å². The van der Waals surface area contributed by atoms with Crippen LogP contribution in [0.1, 0.15) is 42.8 Å². The van der Waals surface area contributed by atoms with Gasteiger partial charge >= 0.3 is 0 Å². The van der Waals surface area contributed by atoms with Gasteiger partial charge in [-0.05, 0) is 44.3 Å². The molecule has 0 aliphatic heterocycles. The maximum Gasteiger partial charge on any atom is 0.0772 e. The summed E-state index contributed by atoms with van der Waals surface area (Å²) < 4.78 is 3.98. The molecule has 0 radical (unpaired) electrons. The Morgan fingerprint density at radius 1 is 1.60 bits per heavy atom. The van der Waals surface area contributed by atoms with Crippen molar-refractivity contribution in [2.24, 2.45) is 0 Å². The zero-order chi connectivity index (χ0) is 11.1. The van der Waals surface area contributed by atoms with Crippen LogP contribution in [0.4, 0.5) is 0 Å². The summed E-state index contributed by atoms with van der Waals surface area (Å²) in [5.41, 5.74) is 1.05. The van der Waals surface area contributed by atoms with E-state index < -0.39 is 0 Å². The van der Waals surface area contributed by atoms with Gasteiger partial charge < -0.3 is 5.32 Å². The van der Waals surface area contributed by atoms with Gasteiger partial charge in [0.05, 0.1) is 10.6 Å². The van der Waals surface area contributed by atoms with Crippen molar-refractivity contribution in [1.82, 2.24) is 14.9 Å². The lowest BCUT2D eigenvalue weighted by atomic mass is 10.1. The molecule has 0 saturated carbocycles. The molecule has 0 spiro atoms. The van der Waals surface area contributed by atoms with Gasteiger partial charge in [0, 0.05) is 6.04 Å². The normalized spacial score (nSPS) is 12.7. The van der Waals surface area contributed by atoms with Crippen LogP contribution < -0.4 is 5.32 Å². The summed E-state index contributed by atoms with van der Waals surface area (Å²) >= 11 is 1.50. The lowest BCUT2D eigenvalue weighted by Crippen LogP contribution is -2.21. The largest absolute Gasteiger partial charge is 0.309 e. The van der Waals surface area contributed by atoms with Crippen LogP contribution in [0, 0.1) is 6.92 Å². The van der Waals surface area contributed by atoms with E-state index in [9.17, 15) is 0 Å². The number of nitrogens with zero attached hydrogens (tertiary/aromatic N) is 2. The number of allylic oxidation sites excluding steroid dienone is 1. The first-order chi connectivity index (χ1) is 7.29. The molecule has 1 heterocycles. The second kappa shape index (κ2) is 6.69. The van der Waals surface area contributed by atoms with Gasteiger partial charge in [-0.25, -0.2) is 0 Å². The SMILES string of the molecule is C=CCCC(NCCC)c1snnc1C. The zero-order valence-corrected chi connectivity index (χ0v) is 10.3. The maximum atomic E-state index is 4.06. The van der Waals surface area contributed by atoms with Gasteiger partial charge in [0.15, 0.2) is 0 Å².